The van der Waals surface area contributed by atoms with Crippen LogP contribution in [0.1, 0.15) is 13.8 Å². The van der Waals surface area contributed by atoms with E-state index in [1.165, 1.54) is 12.1 Å². The van der Waals surface area contributed by atoms with E-state index < -0.39 is 6.03 Å². The van der Waals surface area contributed by atoms with Gasteiger partial charge in [0.2, 0.25) is 0 Å². The quantitative estimate of drug-likeness (QED) is 0.535. The summed E-state index contributed by atoms with van der Waals surface area (Å²) in [5, 5.41) is 26.8. The van der Waals surface area contributed by atoms with Gasteiger partial charge in [0, 0.05) is 18.7 Å². The third kappa shape index (κ3) is 4.84. The molecule has 1 rings (SSSR count). The zero-order valence-corrected chi connectivity index (χ0v) is 11.6. The van der Waals surface area contributed by atoms with E-state index in [1.54, 1.807) is 0 Å². The Morgan fingerprint density at radius 2 is 2.05 bits per heavy atom. The van der Waals surface area contributed by atoms with Gasteiger partial charge in [-0.25, -0.2) is 4.79 Å². The number of aliphatic hydroxyl groups is 1. The molecular weight excluding hydrogens is 270 g/mol. The lowest BCUT2D eigenvalue weighted by molar-refractivity contribution is 0.250. The van der Waals surface area contributed by atoms with Gasteiger partial charge in [0.05, 0.1) is 23.0 Å². The van der Waals surface area contributed by atoms with Crippen molar-refractivity contribution in [3.8, 4) is 5.75 Å². The first-order chi connectivity index (χ1) is 8.93. The average Bonchev–Trinajstić information content (AvgIpc) is 2.30. The van der Waals surface area contributed by atoms with Crippen LogP contribution in [0.4, 0.5) is 16.2 Å². The van der Waals surface area contributed by atoms with Gasteiger partial charge >= 0.3 is 6.03 Å². The zero-order valence-electron chi connectivity index (χ0n) is 10.8. The molecule has 1 aromatic carbocycles. The first-order valence-electron chi connectivity index (χ1n) is 5.88. The molecule has 5 N–H and O–H groups in total. The molecule has 0 fully saturated rings. The van der Waals surface area contributed by atoms with E-state index in [2.05, 4.69) is 16.0 Å². The lowest BCUT2D eigenvalue weighted by Crippen LogP contribution is -2.34. The van der Waals surface area contributed by atoms with E-state index in [0.29, 0.717) is 17.3 Å². The van der Waals surface area contributed by atoms with E-state index in [4.69, 9.17) is 16.7 Å². The number of aromatic hydroxyl groups is 1. The van der Waals surface area contributed by atoms with Gasteiger partial charge in [0.15, 0.2) is 0 Å². The smallest absolute Gasteiger partial charge is 0.319 e. The molecule has 0 radical (unpaired) electrons. The molecule has 2 amide bonds. The van der Waals surface area contributed by atoms with Crippen molar-refractivity contribution in [2.45, 2.75) is 19.9 Å². The third-order valence-electron chi connectivity index (χ3n) is 2.18. The number of aliphatic hydroxyl groups excluding tert-OH is 1. The van der Waals surface area contributed by atoms with Crippen LogP contribution in [0.25, 0.3) is 0 Å². The van der Waals surface area contributed by atoms with Gasteiger partial charge in [-0.15, -0.1) is 0 Å². The van der Waals surface area contributed by atoms with Crippen molar-refractivity contribution in [1.82, 2.24) is 5.32 Å². The summed E-state index contributed by atoms with van der Waals surface area (Å²) in [6.45, 7) is 3.93. The Morgan fingerprint density at radius 1 is 1.37 bits per heavy atom. The molecular formula is C12H18ClN3O3. The molecule has 0 saturated heterocycles. The number of urea groups is 1. The number of carbonyl (C=O) groups is 1. The Bertz CT molecular complexity index is 452. The lowest BCUT2D eigenvalue weighted by Gasteiger charge is -2.14. The summed E-state index contributed by atoms with van der Waals surface area (Å²) in [7, 11) is 0. The highest BCUT2D eigenvalue weighted by molar-refractivity contribution is 6.33. The molecule has 0 bridgehead atoms. The van der Waals surface area contributed by atoms with Crippen LogP contribution in [-0.4, -0.2) is 35.4 Å². The van der Waals surface area contributed by atoms with Crippen LogP contribution in [0.3, 0.4) is 0 Å². The Kier molecular flexibility index (Phi) is 5.72. The molecule has 1 aromatic rings. The Labute approximate surface area is 116 Å². The van der Waals surface area contributed by atoms with Crippen LogP contribution >= 0.6 is 11.6 Å². The number of amides is 2. The molecule has 0 saturated carbocycles. The molecule has 0 aliphatic heterocycles. The minimum atomic E-state index is -0.419. The maximum absolute atomic E-state index is 11.5. The molecule has 7 heteroatoms. The van der Waals surface area contributed by atoms with Crippen molar-refractivity contribution in [3.05, 3.63) is 17.2 Å². The first kappa shape index (κ1) is 15.4. The fourth-order valence-corrected chi connectivity index (χ4v) is 1.64. The predicted octanol–water partition coefficient (Wildman–Crippen LogP) is 1.98. The second-order valence-corrected chi connectivity index (χ2v) is 4.66. The average molecular weight is 288 g/mol. The second kappa shape index (κ2) is 7.06. The number of nitrogens with one attached hydrogen (secondary N) is 3. The monoisotopic (exact) mass is 287 g/mol. The maximum atomic E-state index is 11.5. The molecule has 19 heavy (non-hydrogen) atoms. The van der Waals surface area contributed by atoms with Crippen molar-refractivity contribution < 1.29 is 15.0 Å². The van der Waals surface area contributed by atoms with Crippen LogP contribution in [0.15, 0.2) is 12.1 Å². The number of hydrogen-bond donors (Lipinski definition) is 5. The number of anilines is 2. The van der Waals surface area contributed by atoms with E-state index in [0.717, 1.165) is 0 Å². The Hall–Kier alpha value is -1.66. The highest BCUT2D eigenvalue weighted by Crippen LogP contribution is 2.33. The molecule has 0 atom stereocenters. The van der Waals surface area contributed by atoms with Gasteiger partial charge in [-0.05, 0) is 19.9 Å². The molecule has 0 aliphatic carbocycles. The summed E-state index contributed by atoms with van der Waals surface area (Å²) in [5.41, 5.74) is 0.709. The van der Waals surface area contributed by atoms with Gasteiger partial charge in [-0.3, -0.25) is 0 Å². The van der Waals surface area contributed by atoms with E-state index in [9.17, 15) is 9.90 Å². The highest BCUT2D eigenvalue weighted by Gasteiger charge is 2.11. The van der Waals surface area contributed by atoms with Crippen LogP contribution in [0.5, 0.6) is 5.75 Å². The van der Waals surface area contributed by atoms with E-state index in [1.807, 2.05) is 13.8 Å². The van der Waals surface area contributed by atoms with Crippen molar-refractivity contribution in [3.63, 3.8) is 0 Å². The fourth-order valence-electron chi connectivity index (χ4n) is 1.41. The van der Waals surface area contributed by atoms with E-state index >= 15 is 0 Å². The standard InChI is InChI=1S/C12H18ClN3O3/c1-7(2)15-12(19)16-10-5-8(13)9(6-11(10)18)14-3-4-17/h5-7,14,17-18H,3-4H2,1-2H3,(H2,15,16,19). The summed E-state index contributed by atoms with van der Waals surface area (Å²) in [4.78, 5) is 11.5. The molecule has 0 heterocycles. The van der Waals surface area contributed by atoms with Gasteiger partial charge in [0.25, 0.3) is 0 Å². The lowest BCUT2D eigenvalue weighted by atomic mass is 10.2. The topological polar surface area (TPSA) is 93.6 Å². The second-order valence-electron chi connectivity index (χ2n) is 4.25. The number of phenols is 1. The molecule has 106 valence electrons. The highest BCUT2D eigenvalue weighted by atomic mass is 35.5. The number of phenolic OH excluding ortho intramolecular Hbond substituents is 1. The van der Waals surface area contributed by atoms with Crippen LogP contribution in [-0.2, 0) is 0 Å². The summed E-state index contributed by atoms with van der Waals surface area (Å²) in [6, 6.07) is 2.40. The van der Waals surface area contributed by atoms with E-state index in [-0.39, 0.29) is 24.1 Å². The van der Waals surface area contributed by atoms with Crippen molar-refractivity contribution in [2.24, 2.45) is 0 Å². The van der Waals surface area contributed by atoms with Crippen LogP contribution in [0.2, 0.25) is 5.02 Å². The summed E-state index contributed by atoms with van der Waals surface area (Å²) in [5.74, 6) is -0.108. The Morgan fingerprint density at radius 3 is 2.63 bits per heavy atom. The minimum absolute atomic E-state index is 0.0110. The minimum Gasteiger partial charge on any atom is -0.506 e. The first-order valence-corrected chi connectivity index (χ1v) is 6.26. The van der Waals surface area contributed by atoms with Crippen molar-refractivity contribution in [1.29, 1.82) is 0 Å². The number of rotatable bonds is 5. The van der Waals surface area contributed by atoms with Gasteiger partial charge < -0.3 is 26.2 Å². The van der Waals surface area contributed by atoms with Gasteiger partial charge in [0.1, 0.15) is 5.75 Å². The number of halogens is 1. The largest absolute Gasteiger partial charge is 0.506 e. The Balaban J connectivity index is 2.80. The summed E-state index contributed by atoms with van der Waals surface area (Å²) < 4.78 is 0. The number of benzene rings is 1. The van der Waals surface area contributed by atoms with Gasteiger partial charge in [-0.2, -0.15) is 0 Å². The fraction of sp³-hybridized carbons (Fsp3) is 0.417. The van der Waals surface area contributed by atoms with Crippen molar-refractivity contribution >= 4 is 29.0 Å². The molecule has 0 aromatic heterocycles. The summed E-state index contributed by atoms with van der Waals surface area (Å²) in [6.07, 6.45) is 0. The molecule has 0 spiro atoms. The third-order valence-corrected chi connectivity index (χ3v) is 2.49. The predicted molar refractivity (Wildman–Crippen MR) is 76.0 cm³/mol. The zero-order chi connectivity index (χ0) is 14.4. The normalized spacial score (nSPS) is 10.4. The molecule has 0 aliphatic rings. The van der Waals surface area contributed by atoms with Gasteiger partial charge in [-0.1, -0.05) is 11.6 Å². The van der Waals surface area contributed by atoms with Crippen LogP contribution in [0, 0.1) is 0 Å². The van der Waals surface area contributed by atoms with Crippen molar-refractivity contribution in [2.75, 3.05) is 23.8 Å². The number of hydrogen-bond acceptors (Lipinski definition) is 4. The maximum Gasteiger partial charge on any atom is 0.319 e. The molecule has 0 unspecified atom stereocenters. The molecule has 6 nitrogen and oxygen atoms in total. The van der Waals surface area contributed by atoms with Crippen LogP contribution < -0.4 is 16.0 Å². The summed E-state index contributed by atoms with van der Waals surface area (Å²) >= 11 is 6.00. The number of carbonyl (C=O) groups excluding carboxylic acids is 1. The SMILES string of the molecule is CC(C)NC(=O)Nc1cc(Cl)c(NCCO)cc1O.